The summed E-state index contributed by atoms with van der Waals surface area (Å²) in [4.78, 5) is 14.8. The van der Waals surface area contributed by atoms with Crippen molar-refractivity contribution < 1.29 is 4.79 Å². The van der Waals surface area contributed by atoms with Crippen LogP contribution in [-0.2, 0) is 11.3 Å². The van der Waals surface area contributed by atoms with Gasteiger partial charge in [0, 0.05) is 28.5 Å². The third-order valence-corrected chi connectivity index (χ3v) is 5.26. The van der Waals surface area contributed by atoms with E-state index in [1.165, 1.54) is 5.56 Å². The van der Waals surface area contributed by atoms with Gasteiger partial charge in [-0.15, -0.1) is 0 Å². The summed E-state index contributed by atoms with van der Waals surface area (Å²) in [5, 5.41) is 11.4. The third kappa shape index (κ3) is 6.33. The molecule has 4 N–H and O–H groups in total. The van der Waals surface area contributed by atoms with Crippen molar-refractivity contribution in [3.05, 3.63) is 94.5 Å². The van der Waals surface area contributed by atoms with Crippen LogP contribution in [0.25, 0.3) is 0 Å². The van der Waals surface area contributed by atoms with E-state index in [1.807, 2.05) is 71.6 Å². The molecule has 3 rings (SSSR count). The molecule has 3 aromatic rings. The molecule has 0 bridgehead atoms. The van der Waals surface area contributed by atoms with Crippen molar-refractivity contribution in [1.82, 2.24) is 0 Å². The molecule has 0 aromatic heterocycles. The zero-order chi connectivity index (χ0) is 22.4. The standard InChI is InChI=1S/C25H27ClN4O/c1-17(2)19-8-12-22(13-9-19)29-24(31)16-30(15-18-6-10-21(26)11-7-18)23-5-3-4-20(14-23)25(27)28/h3-14,17H,15-16H2,1-2H3,(H3,27,28)(H,29,31). The highest BCUT2D eigenvalue weighted by Crippen LogP contribution is 2.21. The number of amides is 1. The van der Waals surface area contributed by atoms with E-state index in [2.05, 4.69) is 19.2 Å². The average Bonchev–Trinajstić information content (AvgIpc) is 2.75. The van der Waals surface area contributed by atoms with E-state index < -0.39 is 0 Å². The van der Waals surface area contributed by atoms with E-state index in [0.29, 0.717) is 23.0 Å². The molecule has 0 atom stereocenters. The normalized spacial score (nSPS) is 10.7. The number of nitrogens with two attached hydrogens (primary N) is 1. The molecule has 0 spiro atoms. The van der Waals surface area contributed by atoms with Crippen molar-refractivity contribution in [3.63, 3.8) is 0 Å². The first-order valence-electron chi connectivity index (χ1n) is 10.2. The lowest BCUT2D eigenvalue weighted by atomic mass is 10.0. The van der Waals surface area contributed by atoms with Crippen molar-refractivity contribution >= 4 is 34.7 Å². The number of hydrogen-bond donors (Lipinski definition) is 3. The van der Waals surface area contributed by atoms with Crippen LogP contribution in [0.4, 0.5) is 11.4 Å². The summed E-state index contributed by atoms with van der Waals surface area (Å²) in [5.41, 5.74) is 10.1. The van der Waals surface area contributed by atoms with Crippen LogP contribution in [0.5, 0.6) is 0 Å². The molecular formula is C25H27ClN4O. The largest absolute Gasteiger partial charge is 0.384 e. The summed E-state index contributed by atoms with van der Waals surface area (Å²) in [6.07, 6.45) is 0. The van der Waals surface area contributed by atoms with Gasteiger partial charge in [-0.25, -0.2) is 0 Å². The van der Waals surface area contributed by atoms with E-state index in [0.717, 1.165) is 16.9 Å². The summed E-state index contributed by atoms with van der Waals surface area (Å²) >= 11 is 6.01. The van der Waals surface area contributed by atoms with Crippen molar-refractivity contribution in [3.8, 4) is 0 Å². The highest BCUT2D eigenvalue weighted by molar-refractivity contribution is 6.30. The molecule has 6 heteroatoms. The van der Waals surface area contributed by atoms with Crippen LogP contribution in [0.1, 0.15) is 36.5 Å². The van der Waals surface area contributed by atoms with Crippen LogP contribution < -0.4 is 16.0 Å². The fourth-order valence-corrected chi connectivity index (χ4v) is 3.37. The van der Waals surface area contributed by atoms with Crippen LogP contribution in [0.15, 0.2) is 72.8 Å². The Bertz CT molecular complexity index is 1050. The van der Waals surface area contributed by atoms with E-state index in [9.17, 15) is 4.79 Å². The van der Waals surface area contributed by atoms with Gasteiger partial charge in [0.25, 0.3) is 0 Å². The second-order valence-electron chi connectivity index (χ2n) is 7.77. The molecule has 3 aromatic carbocycles. The van der Waals surface area contributed by atoms with Gasteiger partial charge in [-0.1, -0.05) is 61.8 Å². The van der Waals surface area contributed by atoms with Gasteiger partial charge < -0.3 is 16.0 Å². The molecule has 0 saturated carbocycles. The summed E-state index contributed by atoms with van der Waals surface area (Å²) in [6.45, 7) is 4.93. The van der Waals surface area contributed by atoms with Crippen LogP contribution in [-0.4, -0.2) is 18.3 Å². The predicted octanol–water partition coefficient (Wildman–Crippen LogP) is 5.39. The first-order chi connectivity index (χ1) is 14.8. The zero-order valence-corrected chi connectivity index (χ0v) is 18.5. The SMILES string of the molecule is CC(C)c1ccc(NC(=O)CN(Cc2ccc(Cl)cc2)c2cccc(C(=N)N)c2)cc1. The molecule has 0 heterocycles. The van der Waals surface area contributed by atoms with Gasteiger partial charge in [0.1, 0.15) is 5.84 Å². The maximum Gasteiger partial charge on any atom is 0.243 e. The van der Waals surface area contributed by atoms with E-state index >= 15 is 0 Å². The monoisotopic (exact) mass is 434 g/mol. The van der Waals surface area contributed by atoms with Crippen molar-refractivity contribution in [2.75, 3.05) is 16.8 Å². The minimum atomic E-state index is -0.125. The topological polar surface area (TPSA) is 82.2 Å². The summed E-state index contributed by atoms with van der Waals surface area (Å²) < 4.78 is 0. The fourth-order valence-electron chi connectivity index (χ4n) is 3.24. The van der Waals surface area contributed by atoms with E-state index in [-0.39, 0.29) is 18.3 Å². The smallest absolute Gasteiger partial charge is 0.243 e. The molecular weight excluding hydrogens is 408 g/mol. The Morgan fingerprint density at radius 1 is 1.06 bits per heavy atom. The number of rotatable bonds is 8. The Morgan fingerprint density at radius 3 is 2.35 bits per heavy atom. The molecule has 0 aliphatic carbocycles. The number of nitrogen functional groups attached to an aromatic ring is 1. The second kappa shape index (κ2) is 10.1. The van der Waals surface area contributed by atoms with Gasteiger partial charge in [-0.3, -0.25) is 10.2 Å². The number of hydrogen-bond acceptors (Lipinski definition) is 3. The van der Waals surface area contributed by atoms with Crippen LogP contribution in [0.3, 0.4) is 0 Å². The minimum Gasteiger partial charge on any atom is -0.384 e. The number of carbonyl (C=O) groups excluding carboxylic acids is 1. The summed E-state index contributed by atoms with van der Waals surface area (Å²) in [6, 6.07) is 22.8. The van der Waals surface area contributed by atoms with Crippen molar-refractivity contribution in [2.45, 2.75) is 26.3 Å². The highest BCUT2D eigenvalue weighted by atomic mass is 35.5. The molecule has 0 saturated heterocycles. The quantitative estimate of drug-likeness (QED) is 0.328. The lowest BCUT2D eigenvalue weighted by Gasteiger charge is -2.25. The van der Waals surface area contributed by atoms with Gasteiger partial charge in [0.2, 0.25) is 5.91 Å². The molecule has 0 unspecified atom stereocenters. The van der Waals surface area contributed by atoms with Gasteiger partial charge in [-0.05, 0) is 53.4 Å². The number of nitrogens with one attached hydrogen (secondary N) is 2. The Balaban J connectivity index is 1.79. The number of nitrogens with zero attached hydrogens (tertiary/aromatic N) is 1. The van der Waals surface area contributed by atoms with Gasteiger partial charge in [-0.2, -0.15) is 0 Å². The molecule has 31 heavy (non-hydrogen) atoms. The Hall–Kier alpha value is -3.31. The summed E-state index contributed by atoms with van der Waals surface area (Å²) in [5.74, 6) is 0.302. The Morgan fingerprint density at radius 2 is 1.74 bits per heavy atom. The summed E-state index contributed by atoms with van der Waals surface area (Å²) in [7, 11) is 0. The van der Waals surface area contributed by atoms with Gasteiger partial charge >= 0.3 is 0 Å². The van der Waals surface area contributed by atoms with Gasteiger partial charge in [0.05, 0.1) is 6.54 Å². The van der Waals surface area contributed by atoms with Gasteiger partial charge in [0.15, 0.2) is 0 Å². The lowest BCUT2D eigenvalue weighted by molar-refractivity contribution is -0.115. The number of benzene rings is 3. The predicted molar refractivity (Wildman–Crippen MR) is 129 cm³/mol. The first kappa shape index (κ1) is 22.4. The van der Waals surface area contributed by atoms with E-state index in [1.54, 1.807) is 6.07 Å². The highest BCUT2D eigenvalue weighted by Gasteiger charge is 2.14. The second-order valence-corrected chi connectivity index (χ2v) is 8.21. The number of halogens is 1. The molecule has 0 fully saturated rings. The molecule has 1 amide bonds. The average molecular weight is 435 g/mol. The van der Waals surface area contributed by atoms with E-state index in [4.69, 9.17) is 22.7 Å². The number of anilines is 2. The molecule has 0 aliphatic rings. The molecule has 0 aliphatic heterocycles. The molecule has 0 radical (unpaired) electrons. The first-order valence-corrected chi connectivity index (χ1v) is 10.5. The Kier molecular flexibility index (Phi) is 7.32. The molecule has 160 valence electrons. The van der Waals surface area contributed by atoms with Crippen LogP contribution in [0, 0.1) is 5.41 Å². The van der Waals surface area contributed by atoms with Crippen LogP contribution >= 0.6 is 11.6 Å². The minimum absolute atomic E-state index is 0.0111. The third-order valence-electron chi connectivity index (χ3n) is 5.00. The van der Waals surface area contributed by atoms with Crippen LogP contribution in [0.2, 0.25) is 5.02 Å². The Labute approximate surface area is 188 Å². The zero-order valence-electron chi connectivity index (χ0n) is 17.7. The lowest BCUT2D eigenvalue weighted by Crippen LogP contribution is -2.33. The van der Waals surface area contributed by atoms with Crippen molar-refractivity contribution in [2.24, 2.45) is 5.73 Å². The van der Waals surface area contributed by atoms with Crippen molar-refractivity contribution in [1.29, 1.82) is 5.41 Å². The number of amidine groups is 1. The number of carbonyl (C=O) groups is 1. The fraction of sp³-hybridized carbons (Fsp3) is 0.200. The molecule has 5 nitrogen and oxygen atoms in total. The maximum absolute atomic E-state index is 12.8. The maximum atomic E-state index is 12.8.